The van der Waals surface area contributed by atoms with Crippen molar-refractivity contribution < 1.29 is 0 Å². The molecule has 0 aliphatic carbocycles. The number of hydrogen-bond acceptors (Lipinski definition) is 3. The summed E-state index contributed by atoms with van der Waals surface area (Å²) in [5, 5.41) is 12.7. The molecule has 0 spiro atoms. The Balaban J connectivity index is 1.96. The van der Waals surface area contributed by atoms with Crippen LogP contribution in [-0.4, -0.2) is 10.2 Å². The van der Waals surface area contributed by atoms with E-state index in [9.17, 15) is 0 Å². The molecule has 2 heterocycles. The van der Waals surface area contributed by atoms with E-state index in [0.29, 0.717) is 6.04 Å². The molecule has 0 saturated carbocycles. The molecule has 86 valence electrons. The molecule has 2 rings (SSSR count). The second-order valence-electron chi connectivity index (χ2n) is 3.88. The van der Waals surface area contributed by atoms with Gasteiger partial charge in [-0.25, -0.2) is 0 Å². The average Bonchev–Trinajstić information content (AvgIpc) is 2.92. The number of hydrogen-bond donors (Lipinski definition) is 2. The number of aromatic nitrogens is 2. The minimum Gasteiger partial charge on any atom is -0.305 e. The van der Waals surface area contributed by atoms with Crippen molar-refractivity contribution in [1.82, 2.24) is 15.5 Å². The molecule has 0 aromatic carbocycles. The Labute approximate surface area is 99.9 Å². The van der Waals surface area contributed by atoms with E-state index < -0.39 is 0 Å². The van der Waals surface area contributed by atoms with Gasteiger partial charge in [0.05, 0.1) is 6.20 Å². The van der Waals surface area contributed by atoms with E-state index in [0.717, 1.165) is 18.7 Å². The highest BCUT2D eigenvalue weighted by Gasteiger charge is 2.10. The van der Waals surface area contributed by atoms with E-state index in [2.05, 4.69) is 46.9 Å². The Morgan fingerprint density at radius 3 is 3.00 bits per heavy atom. The van der Waals surface area contributed by atoms with Crippen LogP contribution < -0.4 is 5.32 Å². The molecule has 2 N–H and O–H groups in total. The summed E-state index contributed by atoms with van der Waals surface area (Å²) in [5.41, 5.74) is 2.39. The smallest absolute Gasteiger partial charge is 0.0535 e. The summed E-state index contributed by atoms with van der Waals surface area (Å²) < 4.78 is 0. The number of H-pyrrole nitrogens is 1. The minimum atomic E-state index is 0.453. The molecule has 0 aliphatic heterocycles. The fourth-order valence-electron chi connectivity index (χ4n) is 1.72. The van der Waals surface area contributed by atoms with E-state index in [1.54, 1.807) is 0 Å². The first-order chi connectivity index (χ1) is 7.81. The van der Waals surface area contributed by atoms with Crippen molar-refractivity contribution in [2.75, 3.05) is 0 Å². The SMILES string of the molecule is CCC(NCc1cn[nH]c1C)c1cccs1. The molecule has 0 fully saturated rings. The summed E-state index contributed by atoms with van der Waals surface area (Å²) in [6.07, 6.45) is 3.00. The van der Waals surface area contributed by atoms with E-state index in [1.807, 2.05) is 17.5 Å². The second-order valence-corrected chi connectivity index (χ2v) is 4.86. The van der Waals surface area contributed by atoms with Gasteiger partial charge in [-0.2, -0.15) is 5.10 Å². The third kappa shape index (κ3) is 2.51. The predicted octanol–water partition coefficient (Wildman–Crippen LogP) is 3.02. The minimum absolute atomic E-state index is 0.453. The zero-order valence-electron chi connectivity index (χ0n) is 9.66. The van der Waals surface area contributed by atoms with Crippen LogP contribution in [0.1, 0.15) is 35.5 Å². The Morgan fingerprint density at radius 2 is 2.44 bits per heavy atom. The van der Waals surface area contributed by atoms with Gasteiger partial charge in [-0.3, -0.25) is 5.10 Å². The third-order valence-corrected chi connectivity index (χ3v) is 3.75. The van der Waals surface area contributed by atoms with Crippen molar-refractivity contribution >= 4 is 11.3 Å². The standard InChI is InChI=1S/C12H17N3S/c1-3-11(12-5-4-6-16-12)13-7-10-8-14-15-9(10)2/h4-6,8,11,13H,3,7H2,1-2H3,(H,14,15). The Morgan fingerprint density at radius 1 is 1.56 bits per heavy atom. The molecule has 1 atom stereocenters. The summed E-state index contributed by atoms with van der Waals surface area (Å²) in [6.45, 7) is 5.13. The highest BCUT2D eigenvalue weighted by Crippen LogP contribution is 2.22. The van der Waals surface area contributed by atoms with Crippen LogP contribution in [0.3, 0.4) is 0 Å². The zero-order valence-corrected chi connectivity index (χ0v) is 10.5. The van der Waals surface area contributed by atoms with Gasteiger partial charge in [-0.1, -0.05) is 13.0 Å². The number of aryl methyl sites for hydroxylation is 1. The van der Waals surface area contributed by atoms with Gasteiger partial charge in [0.1, 0.15) is 0 Å². The molecule has 4 heteroatoms. The maximum atomic E-state index is 4.03. The molecule has 2 aromatic heterocycles. The Hall–Kier alpha value is -1.13. The first-order valence-electron chi connectivity index (χ1n) is 5.57. The topological polar surface area (TPSA) is 40.7 Å². The lowest BCUT2D eigenvalue weighted by Crippen LogP contribution is -2.19. The Bertz CT molecular complexity index is 419. The number of nitrogens with one attached hydrogen (secondary N) is 2. The molecular formula is C12H17N3S. The van der Waals surface area contributed by atoms with Crippen molar-refractivity contribution in [3.63, 3.8) is 0 Å². The zero-order chi connectivity index (χ0) is 11.4. The summed E-state index contributed by atoms with van der Waals surface area (Å²) in [5.74, 6) is 0. The van der Waals surface area contributed by atoms with Crippen LogP contribution in [0, 0.1) is 6.92 Å². The van der Waals surface area contributed by atoms with Crippen molar-refractivity contribution in [2.45, 2.75) is 32.9 Å². The fraction of sp³-hybridized carbons (Fsp3) is 0.417. The highest BCUT2D eigenvalue weighted by molar-refractivity contribution is 7.10. The largest absolute Gasteiger partial charge is 0.305 e. The van der Waals surface area contributed by atoms with Crippen molar-refractivity contribution in [1.29, 1.82) is 0 Å². The van der Waals surface area contributed by atoms with E-state index in [-0.39, 0.29) is 0 Å². The fourth-order valence-corrected chi connectivity index (χ4v) is 2.61. The molecular weight excluding hydrogens is 218 g/mol. The molecule has 0 amide bonds. The van der Waals surface area contributed by atoms with Crippen molar-refractivity contribution in [2.24, 2.45) is 0 Å². The van der Waals surface area contributed by atoms with Crippen LogP contribution in [0.4, 0.5) is 0 Å². The van der Waals surface area contributed by atoms with Gasteiger partial charge in [0.25, 0.3) is 0 Å². The summed E-state index contributed by atoms with van der Waals surface area (Å²) in [4.78, 5) is 1.41. The first-order valence-corrected chi connectivity index (χ1v) is 6.45. The van der Waals surface area contributed by atoms with Crippen LogP contribution in [0.5, 0.6) is 0 Å². The van der Waals surface area contributed by atoms with Gasteiger partial charge in [0.2, 0.25) is 0 Å². The van der Waals surface area contributed by atoms with E-state index >= 15 is 0 Å². The van der Waals surface area contributed by atoms with Crippen molar-refractivity contribution in [3.8, 4) is 0 Å². The van der Waals surface area contributed by atoms with Gasteiger partial charge in [0, 0.05) is 28.7 Å². The number of rotatable bonds is 5. The number of nitrogens with zero attached hydrogens (tertiary/aromatic N) is 1. The lowest BCUT2D eigenvalue weighted by Gasteiger charge is -2.14. The summed E-state index contributed by atoms with van der Waals surface area (Å²) in [6, 6.07) is 4.75. The quantitative estimate of drug-likeness (QED) is 0.836. The van der Waals surface area contributed by atoms with Gasteiger partial charge in [0.15, 0.2) is 0 Å². The maximum Gasteiger partial charge on any atom is 0.0535 e. The molecule has 1 unspecified atom stereocenters. The van der Waals surface area contributed by atoms with E-state index in [4.69, 9.17) is 0 Å². The van der Waals surface area contributed by atoms with Crippen LogP contribution in [0.2, 0.25) is 0 Å². The monoisotopic (exact) mass is 235 g/mol. The van der Waals surface area contributed by atoms with Gasteiger partial charge < -0.3 is 5.32 Å². The second kappa shape index (κ2) is 5.27. The number of aromatic amines is 1. The molecule has 16 heavy (non-hydrogen) atoms. The van der Waals surface area contributed by atoms with Crippen molar-refractivity contribution in [3.05, 3.63) is 39.8 Å². The van der Waals surface area contributed by atoms with E-state index in [1.165, 1.54) is 10.4 Å². The average molecular weight is 235 g/mol. The number of thiophene rings is 1. The van der Waals surface area contributed by atoms with Gasteiger partial charge in [-0.05, 0) is 24.8 Å². The van der Waals surface area contributed by atoms with Gasteiger partial charge in [-0.15, -0.1) is 11.3 Å². The lowest BCUT2D eigenvalue weighted by atomic mass is 10.1. The Kier molecular flexibility index (Phi) is 3.74. The molecule has 0 radical (unpaired) electrons. The molecule has 0 saturated heterocycles. The van der Waals surface area contributed by atoms with Crippen LogP contribution in [0.25, 0.3) is 0 Å². The molecule has 2 aromatic rings. The normalized spacial score (nSPS) is 12.9. The predicted molar refractivity (Wildman–Crippen MR) is 67.5 cm³/mol. The third-order valence-electron chi connectivity index (χ3n) is 2.77. The van der Waals surface area contributed by atoms with Crippen LogP contribution in [0.15, 0.2) is 23.7 Å². The molecule has 3 nitrogen and oxygen atoms in total. The van der Waals surface area contributed by atoms with Crippen LogP contribution in [-0.2, 0) is 6.54 Å². The maximum absolute atomic E-state index is 4.03. The summed E-state index contributed by atoms with van der Waals surface area (Å²) >= 11 is 1.81. The first kappa shape index (κ1) is 11.4. The lowest BCUT2D eigenvalue weighted by molar-refractivity contribution is 0.526. The molecule has 0 bridgehead atoms. The highest BCUT2D eigenvalue weighted by atomic mass is 32.1. The molecule has 0 aliphatic rings. The van der Waals surface area contributed by atoms with Gasteiger partial charge >= 0.3 is 0 Å². The van der Waals surface area contributed by atoms with Crippen LogP contribution >= 0.6 is 11.3 Å². The summed E-state index contributed by atoms with van der Waals surface area (Å²) in [7, 11) is 0.